The standard InChI is InChI=1S/C22H22N4O2/c1-3-13-23-22(27)20-14-21(25-16(2)24-20)26-18-9-11-19(12-10-18)28-15-17-7-5-4-6-8-17/h3-12,14H,1,13,15H2,2H3,(H,23,27)(H,24,25,26). The third-order valence-corrected chi connectivity index (χ3v) is 3.85. The molecule has 0 saturated heterocycles. The van der Waals surface area contributed by atoms with Crippen LogP contribution in [-0.2, 0) is 6.61 Å². The van der Waals surface area contributed by atoms with Crippen LogP contribution in [0.5, 0.6) is 5.75 Å². The lowest BCUT2D eigenvalue weighted by molar-refractivity contribution is 0.0952. The van der Waals surface area contributed by atoms with Crippen LogP contribution < -0.4 is 15.4 Å². The predicted octanol–water partition coefficient (Wildman–Crippen LogP) is 4.02. The fourth-order valence-electron chi connectivity index (χ4n) is 2.53. The Labute approximate surface area is 164 Å². The Morgan fingerprint density at radius 3 is 2.57 bits per heavy atom. The molecule has 0 aliphatic carbocycles. The van der Waals surface area contributed by atoms with E-state index in [1.165, 1.54) is 0 Å². The fraction of sp³-hybridized carbons (Fsp3) is 0.136. The van der Waals surface area contributed by atoms with E-state index in [1.807, 2.05) is 54.6 Å². The van der Waals surface area contributed by atoms with E-state index in [4.69, 9.17) is 4.74 Å². The van der Waals surface area contributed by atoms with Crippen molar-refractivity contribution < 1.29 is 9.53 Å². The number of anilines is 2. The Balaban J connectivity index is 1.64. The van der Waals surface area contributed by atoms with Crippen molar-refractivity contribution in [1.82, 2.24) is 15.3 Å². The highest BCUT2D eigenvalue weighted by molar-refractivity contribution is 5.93. The summed E-state index contributed by atoms with van der Waals surface area (Å²) in [6, 6.07) is 19.2. The number of nitrogens with one attached hydrogen (secondary N) is 2. The molecule has 0 aliphatic rings. The first kappa shape index (κ1) is 19.1. The third kappa shape index (κ3) is 5.41. The largest absolute Gasteiger partial charge is 0.489 e. The molecule has 0 fully saturated rings. The van der Waals surface area contributed by atoms with Crippen molar-refractivity contribution in [2.24, 2.45) is 0 Å². The molecule has 1 aromatic heterocycles. The van der Waals surface area contributed by atoms with Gasteiger partial charge in [-0.15, -0.1) is 6.58 Å². The van der Waals surface area contributed by atoms with Gasteiger partial charge in [0.15, 0.2) is 0 Å². The highest BCUT2D eigenvalue weighted by atomic mass is 16.5. The zero-order valence-corrected chi connectivity index (χ0v) is 15.7. The van der Waals surface area contributed by atoms with E-state index in [-0.39, 0.29) is 5.91 Å². The predicted molar refractivity (Wildman–Crippen MR) is 110 cm³/mol. The van der Waals surface area contributed by atoms with E-state index < -0.39 is 0 Å². The van der Waals surface area contributed by atoms with Crippen molar-refractivity contribution in [1.29, 1.82) is 0 Å². The smallest absolute Gasteiger partial charge is 0.270 e. The van der Waals surface area contributed by atoms with Gasteiger partial charge in [-0.05, 0) is 36.8 Å². The van der Waals surface area contributed by atoms with E-state index in [0.29, 0.717) is 30.5 Å². The number of hydrogen-bond acceptors (Lipinski definition) is 5. The van der Waals surface area contributed by atoms with E-state index in [1.54, 1.807) is 19.1 Å². The van der Waals surface area contributed by atoms with Crippen LogP contribution in [0.4, 0.5) is 11.5 Å². The normalized spacial score (nSPS) is 10.2. The first-order valence-corrected chi connectivity index (χ1v) is 8.92. The SMILES string of the molecule is C=CCNC(=O)c1cc(Nc2ccc(OCc3ccccc3)cc2)nc(C)n1. The van der Waals surface area contributed by atoms with Crippen LogP contribution in [0.3, 0.4) is 0 Å². The summed E-state index contributed by atoms with van der Waals surface area (Å²) in [5, 5.41) is 5.90. The molecule has 6 nitrogen and oxygen atoms in total. The monoisotopic (exact) mass is 374 g/mol. The quantitative estimate of drug-likeness (QED) is 0.582. The topological polar surface area (TPSA) is 76.1 Å². The second kappa shape index (κ2) is 9.32. The first-order valence-electron chi connectivity index (χ1n) is 8.92. The number of aryl methyl sites for hydroxylation is 1. The molecule has 0 bridgehead atoms. The molecule has 0 aliphatic heterocycles. The van der Waals surface area contributed by atoms with E-state index in [9.17, 15) is 4.79 Å². The number of aromatic nitrogens is 2. The van der Waals surface area contributed by atoms with Crippen LogP contribution in [0, 0.1) is 6.92 Å². The minimum absolute atomic E-state index is 0.266. The Bertz CT molecular complexity index is 941. The lowest BCUT2D eigenvalue weighted by Gasteiger charge is -2.10. The van der Waals surface area contributed by atoms with Crippen LogP contribution in [0.2, 0.25) is 0 Å². The van der Waals surface area contributed by atoms with Gasteiger partial charge >= 0.3 is 0 Å². The zero-order chi connectivity index (χ0) is 19.8. The molecule has 1 heterocycles. The van der Waals surface area contributed by atoms with E-state index >= 15 is 0 Å². The first-order chi connectivity index (χ1) is 13.6. The van der Waals surface area contributed by atoms with Crippen molar-refractivity contribution in [2.75, 3.05) is 11.9 Å². The maximum atomic E-state index is 12.1. The van der Waals surface area contributed by atoms with E-state index in [0.717, 1.165) is 17.0 Å². The molecule has 142 valence electrons. The molecule has 3 aromatic rings. The summed E-state index contributed by atoms with van der Waals surface area (Å²) >= 11 is 0. The van der Waals surface area contributed by atoms with Crippen molar-refractivity contribution >= 4 is 17.4 Å². The highest BCUT2D eigenvalue weighted by Crippen LogP contribution is 2.20. The summed E-state index contributed by atoms with van der Waals surface area (Å²) in [5.74, 6) is 1.57. The lowest BCUT2D eigenvalue weighted by atomic mass is 10.2. The number of hydrogen-bond donors (Lipinski definition) is 2. The molecule has 2 aromatic carbocycles. The number of ether oxygens (including phenoxy) is 1. The number of carbonyl (C=O) groups is 1. The van der Waals surface area contributed by atoms with Gasteiger partial charge in [0.2, 0.25) is 0 Å². The van der Waals surface area contributed by atoms with Crippen LogP contribution in [-0.4, -0.2) is 22.4 Å². The second-order valence-electron chi connectivity index (χ2n) is 6.11. The molecular formula is C22H22N4O2. The number of amides is 1. The van der Waals surface area contributed by atoms with Gasteiger partial charge in [-0.2, -0.15) is 0 Å². The molecule has 2 N–H and O–H groups in total. The minimum atomic E-state index is -0.266. The summed E-state index contributed by atoms with van der Waals surface area (Å²) in [5.41, 5.74) is 2.26. The zero-order valence-electron chi connectivity index (χ0n) is 15.7. The average Bonchev–Trinajstić information content (AvgIpc) is 2.72. The van der Waals surface area contributed by atoms with Crippen LogP contribution in [0.25, 0.3) is 0 Å². The Kier molecular flexibility index (Phi) is 6.36. The van der Waals surface area contributed by atoms with Crippen LogP contribution in [0.15, 0.2) is 73.3 Å². The molecule has 6 heteroatoms. The van der Waals surface area contributed by atoms with Gasteiger partial charge in [-0.1, -0.05) is 36.4 Å². The van der Waals surface area contributed by atoms with Crippen molar-refractivity contribution in [2.45, 2.75) is 13.5 Å². The Morgan fingerprint density at radius 2 is 1.86 bits per heavy atom. The molecular weight excluding hydrogens is 352 g/mol. The molecule has 1 amide bonds. The number of carbonyl (C=O) groups excluding carboxylic acids is 1. The number of benzene rings is 2. The fourth-order valence-corrected chi connectivity index (χ4v) is 2.53. The van der Waals surface area contributed by atoms with Gasteiger partial charge in [0.05, 0.1) is 0 Å². The van der Waals surface area contributed by atoms with Gasteiger partial charge in [0.1, 0.15) is 29.7 Å². The van der Waals surface area contributed by atoms with Crippen LogP contribution >= 0.6 is 0 Å². The van der Waals surface area contributed by atoms with Crippen LogP contribution in [0.1, 0.15) is 21.9 Å². The third-order valence-electron chi connectivity index (χ3n) is 3.85. The maximum absolute atomic E-state index is 12.1. The summed E-state index contributed by atoms with van der Waals surface area (Å²) in [7, 11) is 0. The number of nitrogens with zero attached hydrogens (tertiary/aromatic N) is 2. The Morgan fingerprint density at radius 1 is 1.11 bits per heavy atom. The highest BCUT2D eigenvalue weighted by Gasteiger charge is 2.10. The molecule has 0 spiro atoms. The van der Waals surface area contributed by atoms with Crippen molar-refractivity contribution in [3.05, 3.63) is 90.4 Å². The second-order valence-corrected chi connectivity index (χ2v) is 6.11. The lowest BCUT2D eigenvalue weighted by Crippen LogP contribution is -2.24. The summed E-state index contributed by atoms with van der Waals surface area (Å²) < 4.78 is 5.79. The van der Waals surface area contributed by atoms with Crippen molar-refractivity contribution in [3.63, 3.8) is 0 Å². The molecule has 0 saturated carbocycles. The molecule has 0 unspecified atom stereocenters. The van der Waals surface area contributed by atoms with Crippen molar-refractivity contribution in [3.8, 4) is 5.75 Å². The molecule has 3 rings (SSSR count). The van der Waals surface area contributed by atoms with Gasteiger partial charge < -0.3 is 15.4 Å². The minimum Gasteiger partial charge on any atom is -0.489 e. The average molecular weight is 374 g/mol. The molecule has 0 atom stereocenters. The summed E-state index contributed by atoms with van der Waals surface area (Å²) in [4.78, 5) is 20.6. The number of rotatable bonds is 8. The van der Waals surface area contributed by atoms with Gasteiger partial charge in [0.25, 0.3) is 5.91 Å². The van der Waals surface area contributed by atoms with Gasteiger partial charge in [-0.25, -0.2) is 9.97 Å². The van der Waals surface area contributed by atoms with Gasteiger partial charge in [0, 0.05) is 18.3 Å². The molecule has 0 radical (unpaired) electrons. The van der Waals surface area contributed by atoms with E-state index in [2.05, 4.69) is 27.2 Å². The molecule has 28 heavy (non-hydrogen) atoms. The van der Waals surface area contributed by atoms with Gasteiger partial charge in [-0.3, -0.25) is 4.79 Å². The maximum Gasteiger partial charge on any atom is 0.270 e. The summed E-state index contributed by atoms with van der Waals surface area (Å²) in [6.45, 7) is 6.23. The Hall–Kier alpha value is -3.67. The summed E-state index contributed by atoms with van der Waals surface area (Å²) in [6.07, 6.45) is 1.62.